The molecule has 1 aliphatic rings. The quantitative estimate of drug-likeness (QED) is 0.586. The average Bonchev–Trinajstić information content (AvgIpc) is 3.35. The van der Waals surface area contributed by atoms with E-state index in [4.69, 9.17) is 10.5 Å². The molecule has 1 aliphatic heterocycles. The maximum absolute atomic E-state index is 13.0. The average molecular weight is 449 g/mol. The van der Waals surface area contributed by atoms with Crippen LogP contribution >= 0.6 is 11.3 Å². The van der Waals surface area contributed by atoms with Crippen molar-refractivity contribution >= 4 is 23.2 Å². The Bertz CT molecular complexity index is 1080. The van der Waals surface area contributed by atoms with Crippen molar-refractivity contribution in [1.82, 2.24) is 4.90 Å². The number of likely N-dealkylation sites (tertiary alicyclic amines) is 1. The monoisotopic (exact) mass is 448 g/mol. The molecule has 2 aromatic carbocycles. The van der Waals surface area contributed by atoms with Gasteiger partial charge in [0, 0.05) is 18.0 Å². The van der Waals surface area contributed by atoms with Gasteiger partial charge in [-0.1, -0.05) is 42.5 Å². The molecule has 1 saturated heterocycles. The van der Waals surface area contributed by atoms with E-state index in [1.807, 2.05) is 47.4 Å². The van der Waals surface area contributed by atoms with Crippen LogP contribution in [0, 0.1) is 5.41 Å². The fourth-order valence-electron chi connectivity index (χ4n) is 4.48. The first-order valence-corrected chi connectivity index (χ1v) is 11.7. The van der Waals surface area contributed by atoms with Crippen LogP contribution in [0.15, 0.2) is 66.0 Å². The molecule has 0 unspecified atom stereocenters. The molecule has 166 valence electrons. The summed E-state index contributed by atoms with van der Waals surface area (Å²) in [4.78, 5) is 28.7. The van der Waals surface area contributed by atoms with Gasteiger partial charge in [-0.25, -0.2) is 0 Å². The number of hydrogen-bond donors (Lipinski definition) is 1. The molecule has 1 atom stereocenters. The number of benzene rings is 2. The molecule has 0 saturated carbocycles. The third-order valence-electron chi connectivity index (χ3n) is 6.24. The molecule has 6 heteroatoms. The molecule has 2 heterocycles. The highest BCUT2D eigenvalue weighted by molar-refractivity contribution is 7.13. The van der Waals surface area contributed by atoms with Crippen molar-refractivity contribution in [3.63, 3.8) is 0 Å². The van der Waals surface area contributed by atoms with Crippen molar-refractivity contribution in [2.24, 2.45) is 11.1 Å². The van der Waals surface area contributed by atoms with Crippen LogP contribution in [-0.4, -0.2) is 36.9 Å². The molecule has 2 amide bonds. The summed E-state index contributed by atoms with van der Waals surface area (Å²) in [7, 11) is 1.62. The van der Waals surface area contributed by atoms with Crippen LogP contribution in [0.4, 0.5) is 0 Å². The van der Waals surface area contributed by atoms with Gasteiger partial charge in [-0.15, -0.1) is 11.3 Å². The number of piperidine rings is 1. The number of nitrogens with two attached hydrogens (primary N) is 1. The Kier molecular flexibility index (Phi) is 6.61. The topological polar surface area (TPSA) is 72.6 Å². The molecule has 3 aromatic rings. The van der Waals surface area contributed by atoms with Crippen LogP contribution in [0.25, 0.3) is 10.4 Å². The van der Waals surface area contributed by atoms with Gasteiger partial charge < -0.3 is 15.4 Å². The van der Waals surface area contributed by atoms with Crippen LogP contribution < -0.4 is 10.5 Å². The SMILES string of the molecule is COc1ccc(CC(=O)N2CCC[C@](Cc3cccc(-c4cccs4)c3)(C(N)=O)C2)cc1. The van der Waals surface area contributed by atoms with Crippen molar-refractivity contribution in [1.29, 1.82) is 0 Å². The number of hydrogen-bond acceptors (Lipinski definition) is 4. The lowest BCUT2D eigenvalue weighted by molar-refractivity contribution is -0.139. The van der Waals surface area contributed by atoms with Gasteiger partial charge in [-0.3, -0.25) is 9.59 Å². The molecule has 2 N–H and O–H groups in total. The Morgan fingerprint density at radius 2 is 1.91 bits per heavy atom. The van der Waals surface area contributed by atoms with Gasteiger partial charge in [-0.05, 0) is 59.5 Å². The molecule has 0 radical (unpaired) electrons. The second kappa shape index (κ2) is 9.57. The number of primary amides is 1. The molecule has 4 rings (SSSR count). The lowest BCUT2D eigenvalue weighted by Gasteiger charge is -2.41. The van der Waals surface area contributed by atoms with E-state index in [-0.39, 0.29) is 11.8 Å². The van der Waals surface area contributed by atoms with E-state index in [1.165, 1.54) is 4.88 Å². The zero-order valence-electron chi connectivity index (χ0n) is 18.3. The molecule has 1 aromatic heterocycles. The number of ether oxygens (including phenoxy) is 1. The molecular weight excluding hydrogens is 420 g/mol. The molecule has 1 fully saturated rings. The van der Waals surface area contributed by atoms with Gasteiger partial charge in [0.25, 0.3) is 0 Å². The Balaban J connectivity index is 1.50. The number of thiophene rings is 1. The fourth-order valence-corrected chi connectivity index (χ4v) is 5.20. The van der Waals surface area contributed by atoms with Crippen LogP contribution in [-0.2, 0) is 22.4 Å². The molecule has 0 aliphatic carbocycles. The number of carbonyl (C=O) groups excluding carboxylic acids is 2. The van der Waals surface area contributed by atoms with Crippen molar-refractivity contribution in [3.8, 4) is 16.2 Å². The molecule has 32 heavy (non-hydrogen) atoms. The minimum absolute atomic E-state index is 0.0211. The van der Waals surface area contributed by atoms with Crippen LogP contribution in [0.1, 0.15) is 24.0 Å². The number of amides is 2. The normalized spacial score (nSPS) is 18.3. The highest BCUT2D eigenvalue weighted by Gasteiger charge is 2.42. The maximum Gasteiger partial charge on any atom is 0.227 e. The first-order valence-electron chi connectivity index (χ1n) is 10.8. The van der Waals surface area contributed by atoms with E-state index < -0.39 is 5.41 Å². The highest BCUT2D eigenvalue weighted by Crippen LogP contribution is 2.35. The number of carbonyl (C=O) groups is 2. The van der Waals surface area contributed by atoms with E-state index in [0.717, 1.165) is 28.9 Å². The maximum atomic E-state index is 13.0. The largest absolute Gasteiger partial charge is 0.497 e. The predicted molar refractivity (Wildman–Crippen MR) is 128 cm³/mol. The van der Waals surface area contributed by atoms with Crippen molar-refractivity contribution < 1.29 is 14.3 Å². The first kappa shape index (κ1) is 22.1. The first-order chi connectivity index (χ1) is 15.5. The summed E-state index contributed by atoms with van der Waals surface area (Å²) in [5.74, 6) is 0.450. The Morgan fingerprint density at radius 1 is 1.09 bits per heavy atom. The lowest BCUT2D eigenvalue weighted by atomic mass is 9.74. The van der Waals surface area contributed by atoms with E-state index in [1.54, 1.807) is 18.4 Å². The lowest BCUT2D eigenvalue weighted by Crippen LogP contribution is -2.53. The van der Waals surface area contributed by atoms with Crippen molar-refractivity contribution in [2.75, 3.05) is 20.2 Å². The van der Waals surface area contributed by atoms with Crippen molar-refractivity contribution in [3.05, 3.63) is 77.2 Å². The second-order valence-electron chi connectivity index (χ2n) is 8.44. The van der Waals surface area contributed by atoms with Crippen LogP contribution in [0.2, 0.25) is 0 Å². The van der Waals surface area contributed by atoms with Crippen LogP contribution in [0.3, 0.4) is 0 Å². The van der Waals surface area contributed by atoms with Gasteiger partial charge in [-0.2, -0.15) is 0 Å². The minimum atomic E-state index is -0.748. The van der Waals surface area contributed by atoms with Gasteiger partial charge >= 0.3 is 0 Å². The van der Waals surface area contributed by atoms with Gasteiger partial charge in [0.1, 0.15) is 5.75 Å². The van der Waals surface area contributed by atoms with Crippen LogP contribution in [0.5, 0.6) is 5.75 Å². The van der Waals surface area contributed by atoms with E-state index in [9.17, 15) is 9.59 Å². The van der Waals surface area contributed by atoms with Gasteiger partial charge in [0.15, 0.2) is 0 Å². The molecule has 0 bridgehead atoms. The summed E-state index contributed by atoms with van der Waals surface area (Å²) < 4.78 is 5.19. The Morgan fingerprint density at radius 3 is 2.59 bits per heavy atom. The summed E-state index contributed by atoms with van der Waals surface area (Å²) in [6.45, 7) is 1.01. The minimum Gasteiger partial charge on any atom is -0.497 e. The number of methoxy groups -OCH3 is 1. The van der Waals surface area contributed by atoms with E-state index >= 15 is 0 Å². The standard InChI is InChI=1S/C26H28N2O3S/c1-31-22-10-8-19(9-11-22)16-24(29)28-13-4-12-26(18-28,25(27)30)17-20-5-2-6-21(15-20)23-7-3-14-32-23/h2-3,5-11,14-15H,4,12-13,16-18H2,1H3,(H2,27,30)/t26-/m1/s1. The number of rotatable bonds is 7. The second-order valence-corrected chi connectivity index (χ2v) is 9.39. The van der Waals surface area contributed by atoms with Gasteiger partial charge in [0.2, 0.25) is 11.8 Å². The summed E-state index contributed by atoms with van der Waals surface area (Å²) in [6.07, 6.45) is 2.29. The zero-order chi connectivity index (χ0) is 22.6. The third-order valence-corrected chi connectivity index (χ3v) is 7.16. The Labute approximate surface area is 192 Å². The fraction of sp³-hybridized carbons (Fsp3) is 0.308. The summed E-state index contributed by atoms with van der Waals surface area (Å²) in [5.41, 5.74) is 8.33. The van der Waals surface area contributed by atoms with E-state index in [0.29, 0.717) is 32.4 Å². The predicted octanol–water partition coefficient (Wildman–Crippen LogP) is 4.30. The summed E-state index contributed by atoms with van der Waals surface area (Å²) in [5, 5.41) is 2.06. The van der Waals surface area contributed by atoms with Gasteiger partial charge in [0.05, 0.1) is 18.9 Å². The molecule has 0 spiro atoms. The third kappa shape index (κ3) is 4.86. The highest BCUT2D eigenvalue weighted by atomic mass is 32.1. The Hall–Kier alpha value is -3.12. The summed E-state index contributed by atoms with van der Waals surface area (Å²) in [6, 6.07) is 19.9. The zero-order valence-corrected chi connectivity index (χ0v) is 19.1. The van der Waals surface area contributed by atoms with Crippen molar-refractivity contribution in [2.45, 2.75) is 25.7 Å². The summed E-state index contributed by atoms with van der Waals surface area (Å²) >= 11 is 1.69. The smallest absolute Gasteiger partial charge is 0.227 e. The molecular formula is C26H28N2O3S. The van der Waals surface area contributed by atoms with E-state index in [2.05, 4.69) is 23.6 Å². The number of nitrogens with zero attached hydrogens (tertiary/aromatic N) is 1. The molecule has 5 nitrogen and oxygen atoms in total.